The highest BCUT2D eigenvalue weighted by molar-refractivity contribution is 5.95. The van der Waals surface area contributed by atoms with E-state index in [0.717, 1.165) is 52.2 Å². The molecule has 6 rings (SSSR count). The van der Waals surface area contributed by atoms with Gasteiger partial charge in [0, 0.05) is 53.7 Å². The van der Waals surface area contributed by atoms with E-state index in [1.54, 1.807) is 12.1 Å². The van der Waals surface area contributed by atoms with E-state index in [9.17, 15) is 4.79 Å². The molecule has 1 aliphatic rings. The molecule has 0 saturated heterocycles. The van der Waals surface area contributed by atoms with Crippen molar-refractivity contribution >= 4 is 22.6 Å². The van der Waals surface area contributed by atoms with Gasteiger partial charge in [0.05, 0.1) is 11.7 Å². The van der Waals surface area contributed by atoms with E-state index in [4.69, 9.17) is 4.98 Å². The van der Waals surface area contributed by atoms with Gasteiger partial charge in [0.1, 0.15) is 18.0 Å². The van der Waals surface area contributed by atoms with Crippen molar-refractivity contribution in [3.8, 4) is 11.4 Å². The van der Waals surface area contributed by atoms with Gasteiger partial charge in [-0.3, -0.25) is 9.89 Å². The lowest BCUT2D eigenvalue weighted by atomic mass is 10.0. The maximum atomic E-state index is 13.4. The van der Waals surface area contributed by atoms with E-state index in [1.165, 1.54) is 6.33 Å². The number of nitrogens with one attached hydrogen (secondary N) is 4. The van der Waals surface area contributed by atoms with Crippen molar-refractivity contribution in [1.82, 2.24) is 35.5 Å². The van der Waals surface area contributed by atoms with Crippen molar-refractivity contribution in [2.75, 3.05) is 12.4 Å². The minimum Gasteiger partial charge on any atom is -0.373 e. The minimum atomic E-state index is -0.335. The number of para-hydroxylation sites is 1. The summed E-state index contributed by atoms with van der Waals surface area (Å²) >= 11 is 0. The van der Waals surface area contributed by atoms with Crippen molar-refractivity contribution < 1.29 is 4.79 Å². The first-order valence-electron chi connectivity index (χ1n) is 12.1. The zero-order valence-corrected chi connectivity index (χ0v) is 19.8. The maximum absolute atomic E-state index is 13.4. The van der Waals surface area contributed by atoms with Crippen LogP contribution in [0.1, 0.15) is 52.2 Å². The molecule has 1 fully saturated rings. The van der Waals surface area contributed by atoms with Gasteiger partial charge in [-0.25, -0.2) is 15.0 Å². The van der Waals surface area contributed by atoms with Crippen LogP contribution < -0.4 is 10.6 Å². The van der Waals surface area contributed by atoms with Crippen LogP contribution >= 0.6 is 0 Å². The number of hydrogen-bond acceptors (Lipinski definition) is 6. The lowest BCUT2D eigenvalue weighted by Crippen LogP contribution is -2.31. The van der Waals surface area contributed by atoms with Crippen LogP contribution in [0.25, 0.3) is 22.3 Å². The normalized spacial score (nSPS) is 14.0. The second kappa shape index (κ2) is 9.26. The van der Waals surface area contributed by atoms with E-state index in [2.05, 4.69) is 47.9 Å². The molecule has 3 aromatic heterocycles. The molecule has 3 heterocycles. The Kier molecular flexibility index (Phi) is 5.65. The Labute approximate surface area is 207 Å². The van der Waals surface area contributed by atoms with Gasteiger partial charge in [0.2, 0.25) is 0 Å². The average molecular weight is 479 g/mol. The molecule has 9 nitrogen and oxygen atoms in total. The fourth-order valence-electron chi connectivity index (χ4n) is 4.43. The first kappa shape index (κ1) is 22.0. The molecule has 1 saturated carbocycles. The fourth-order valence-corrected chi connectivity index (χ4v) is 4.43. The van der Waals surface area contributed by atoms with Gasteiger partial charge in [-0.2, -0.15) is 5.10 Å². The standard InChI is InChI=1S/C27H26N8O/c1-28-24-13-23(32-26(34-24)17-6-7-17)22(12-19-14-29-21-5-3-2-4-20(19)21)33-27(36)18-10-8-16(9-11-18)25-30-15-31-35-25/h2-5,8-11,13-15,17,22,29H,6-7,12H2,1H3,(H,33,36)(H,28,32,34)(H,30,31,35). The number of nitrogens with zero attached hydrogens (tertiary/aromatic N) is 4. The Morgan fingerprint density at radius 3 is 2.69 bits per heavy atom. The Morgan fingerprint density at radius 2 is 1.94 bits per heavy atom. The average Bonchev–Trinajstić information content (AvgIpc) is 3.48. The molecule has 2 aromatic carbocycles. The number of anilines is 1. The number of carbonyl (C=O) groups is 1. The highest BCUT2D eigenvalue weighted by Crippen LogP contribution is 2.39. The molecule has 1 atom stereocenters. The number of aromatic amines is 2. The number of benzene rings is 2. The number of fused-ring (bicyclic) bond motifs is 1. The smallest absolute Gasteiger partial charge is 0.251 e. The van der Waals surface area contributed by atoms with Crippen LogP contribution in [0.3, 0.4) is 0 Å². The quantitative estimate of drug-likeness (QED) is 0.262. The number of H-pyrrole nitrogens is 2. The molecule has 5 aromatic rings. The lowest BCUT2D eigenvalue weighted by Gasteiger charge is -2.20. The van der Waals surface area contributed by atoms with Crippen molar-refractivity contribution in [3.05, 3.63) is 89.8 Å². The summed E-state index contributed by atoms with van der Waals surface area (Å²) in [6, 6.07) is 17.1. The highest BCUT2D eigenvalue weighted by atomic mass is 16.1. The van der Waals surface area contributed by atoms with Crippen LogP contribution in [0.2, 0.25) is 0 Å². The molecule has 4 N–H and O–H groups in total. The number of rotatable bonds is 8. The predicted molar refractivity (Wildman–Crippen MR) is 138 cm³/mol. The summed E-state index contributed by atoms with van der Waals surface area (Å²) < 4.78 is 0. The van der Waals surface area contributed by atoms with Gasteiger partial charge < -0.3 is 15.6 Å². The van der Waals surface area contributed by atoms with E-state index in [0.29, 0.717) is 23.7 Å². The number of hydrogen-bond donors (Lipinski definition) is 4. The Bertz CT molecular complexity index is 1500. The Balaban J connectivity index is 1.32. The summed E-state index contributed by atoms with van der Waals surface area (Å²) in [5, 5.41) is 14.3. The molecule has 9 heteroatoms. The third-order valence-electron chi connectivity index (χ3n) is 6.56. The summed E-state index contributed by atoms with van der Waals surface area (Å²) in [5.41, 5.74) is 4.41. The van der Waals surface area contributed by atoms with Gasteiger partial charge in [0.15, 0.2) is 5.82 Å². The second-order valence-corrected chi connectivity index (χ2v) is 9.06. The van der Waals surface area contributed by atoms with Crippen LogP contribution in [-0.4, -0.2) is 43.1 Å². The maximum Gasteiger partial charge on any atom is 0.251 e. The molecule has 180 valence electrons. The largest absolute Gasteiger partial charge is 0.373 e. The highest BCUT2D eigenvalue weighted by Gasteiger charge is 2.29. The topological polar surface area (TPSA) is 124 Å². The number of carbonyl (C=O) groups excluding carboxylic acids is 1. The van der Waals surface area contributed by atoms with Crippen LogP contribution in [0, 0.1) is 0 Å². The van der Waals surface area contributed by atoms with Gasteiger partial charge in [0.25, 0.3) is 5.91 Å². The molecule has 1 amide bonds. The molecule has 1 aliphatic carbocycles. The Morgan fingerprint density at radius 1 is 1.11 bits per heavy atom. The SMILES string of the molecule is CNc1cc(C(Cc2c[nH]c3ccccc23)NC(=O)c2ccc(-c3ncn[nH]3)cc2)nc(C2CC2)n1. The van der Waals surface area contributed by atoms with Crippen molar-refractivity contribution in [2.24, 2.45) is 0 Å². The molecule has 1 unspecified atom stereocenters. The molecule has 0 radical (unpaired) electrons. The van der Waals surface area contributed by atoms with Crippen molar-refractivity contribution in [3.63, 3.8) is 0 Å². The van der Waals surface area contributed by atoms with Crippen LogP contribution in [0.4, 0.5) is 5.82 Å². The summed E-state index contributed by atoms with van der Waals surface area (Å²) in [5.74, 6) is 2.49. The van der Waals surface area contributed by atoms with Crippen molar-refractivity contribution in [1.29, 1.82) is 0 Å². The van der Waals surface area contributed by atoms with Gasteiger partial charge in [-0.1, -0.05) is 30.3 Å². The zero-order valence-electron chi connectivity index (χ0n) is 19.8. The van der Waals surface area contributed by atoms with Crippen molar-refractivity contribution in [2.45, 2.75) is 31.2 Å². The molecule has 0 bridgehead atoms. The summed E-state index contributed by atoms with van der Waals surface area (Å²) in [6.07, 6.45) is 6.27. The zero-order chi connectivity index (χ0) is 24.5. The summed E-state index contributed by atoms with van der Waals surface area (Å²) in [7, 11) is 1.85. The molecular weight excluding hydrogens is 452 g/mol. The monoisotopic (exact) mass is 478 g/mol. The minimum absolute atomic E-state index is 0.165. The van der Waals surface area contributed by atoms with Crippen LogP contribution in [-0.2, 0) is 6.42 Å². The van der Waals surface area contributed by atoms with Crippen LogP contribution in [0.15, 0.2) is 67.1 Å². The second-order valence-electron chi connectivity index (χ2n) is 9.06. The van der Waals surface area contributed by atoms with Gasteiger partial charge in [-0.05, 0) is 36.6 Å². The van der Waals surface area contributed by atoms with Crippen LogP contribution in [0.5, 0.6) is 0 Å². The van der Waals surface area contributed by atoms with Gasteiger partial charge in [-0.15, -0.1) is 0 Å². The molecular formula is C27H26N8O. The fraction of sp³-hybridized carbons (Fsp3) is 0.222. The first-order valence-corrected chi connectivity index (χ1v) is 12.1. The summed E-state index contributed by atoms with van der Waals surface area (Å²) in [6.45, 7) is 0. The Hall–Kier alpha value is -4.53. The first-order chi connectivity index (χ1) is 17.7. The van der Waals surface area contributed by atoms with Gasteiger partial charge >= 0.3 is 0 Å². The van der Waals surface area contributed by atoms with E-state index in [-0.39, 0.29) is 11.9 Å². The molecule has 36 heavy (non-hydrogen) atoms. The number of amides is 1. The predicted octanol–water partition coefficient (Wildman–Crippen LogP) is 4.38. The van der Waals surface area contributed by atoms with E-state index < -0.39 is 0 Å². The number of aromatic nitrogens is 6. The third kappa shape index (κ3) is 4.43. The van der Waals surface area contributed by atoms with E-state index in [1.807, 2.05) is 43.6 Å². The lowest BCUT2D eigenvalue weighted by molar-refractivity contribution is 0.0935. The molecule has 0 spiro atoms. The third-order valence-corrected chi connectivity index (χ3v) is 6.56. The summed E-state index contributed by atoms with van der Waals surface area (Å²) in [4.78, 5) is 30.5. The van der Waals surface area contributed by atoms with E-state index >= 15 is 0 Å². The molecule has 0 aliphatic heterocycles.